The van der Waals surface area contributed by atoms with Crippen LogP contribution in [0.5, 0.6) is 0 Å². The van der Waals surface area contributed by atoms with Crippen LogP contribution in [0.25, 0.3) is 0 Å². The number of nitrogens with one attached hydrogen (secondary N) is 1. The molecule has 2 saturated heterocycles. The Morgan fingerprint density at radius 1 is 1.26 bits per heavy atom. The van der Waals surface area contributed by atoms with E-state index in [2.05, 4.69) is 42.8 Å². The molecule has 5 rings (SSSR count). The Labute approximate surface area is 249 Å². The molecule has 0 unspecified atom stereocenters. The molecule has 4 atom stereocenters. The van der Waals surface area contributed by atoms with Crippen molar-refractivity contribution < 1.29 is 23.8 Å². The average molecular weight is 584 g/mol. The number of aliphatic hydroxyl groups is 1. The van der Waals surface area contributed by atoms with E-state index in [1.807, 2.05) is 11.0 Å². The summed E-state index contributed by atoms with van der Waals surface area (Å²) in [6.07, 6.45) is -0.121. The number of morpholine rings is 1. The number of carbonyl (C=O) groups excluding carboxylic acids is 1. The van der Waals surface area contributed by atoms with Gasteiger partial charge in [0.1, 0.15) is 11.9 Å². The van der Waals surface area contributed by atoms with Gasteiger partial charge in [-0.1, -0.05) is 26.0 Å². The van der Waals surface area contributed by atoms with E-state index in [9.17, 15) is 14.3 Å². The van der Waals surface area contributed by atoms with Crippen molar-refractivity contribution >= 4 is 11.6 Å². The maximum absolute atomic E-state index is 14.1. The van der Waals surface area contributed by atoms with Gasteiger partial charge in [0.25, 0.3) is 0 Å². The number of pyridine rings is 1. The molecule has 2 aromatic rings. The molecule has 2 N–H and O–H groups in total. The van der Waals surface area contributed by atoms with Crippen LogP contribution in [-0.2, 0) is 26.1 Å². The first kappa shape index (κ1) is 31.0. The van der Waals surface area contributed by atoms with E-state index in [0.717, 1.165) is 61.9 Å². The van der Waals surface area contributed by atoms with Gasteiger partial charge in [-0.05, 0) is 49.6 Å². The van der Waals surface area contributed by atoms with E-state index in [1.165, 1.54) is 12.1 Å². The van der Waals surface area contributed by atoms with Crippen molar-refractivity contribution in [2.24, 2.45) is 0 Å². The van der Waals surface area contributed by atoms with Gasteiger partial charge in [0.05, 0.1) is 43.4 Å². The smallest absolute Gasteiger partial charge is 0.241 e. The van der Waals surface area contributed by atoms with E-state index < -0.39 is 6.10 Å². The van der Waals surface area contributed by atoms with Crippen molar-refractivity contribution in [2.45, 2.75) is 63.8 Å². The van der Waals surface area contributed by atoms with Crippen molar-refractivity contribution in [3.05, 3.63) is 58.7 Å². The van der Waals surface area contributed by atoms with Crippen molar-refractivity contribution in [1.82, 2.24) is 20.1 Å². The van der Waals surface area contributed by atoms with Crippen LogP contribution in [0, 0.1) is 5.82 Å². The molecule has 2 fully saturated rings. The highest BCUT2D eigenvalue weighted by atomic mass is 19.1. The van der Waals surface area contributed by atoms with Gasteiger partial charge in [0.2, 0.25) is 5.91 Å². The second-order valence-corrected chi connectivity index (χ2v) is 12.8. The number of nitrogens with zero attached hydrogens (tertiary/aromatic N) is 4. The fourth-order valence-corrected chi connectivity index (χ4v) is 6.52. The van der Waals surface area contributed by atoms with Crippen LogP contribution >= 0.6 is 0 Å². The summed E-state index contributed by atoms with van der Waals surface area (Å²) in [6, 6.07) is 9.30. The van der Waals surface area contributed by atoms with Crippen LogP contribution in [0.4, 0.5) is 10.1 Å². The molecule has 0 saturated carbocycles. The molecule has 230 valence electrons. The third-order valence-electron chi connectivity index (χ3n) is 8.98. The number of hydrogen-bond donors (Lipinski definition) is 2. The second-order valence-electron chi connectivity index (χ2n) is 12.8. The van der Waals surface area contributed by atoms with Crippen LogP contribution < -0.4 is 10.2 Å². The summed E-state index contributed by atoms with van der Waals surface area (Å²) in [7, 11) is 1.56. The van der Waals surface area contributed by atoms with Gasteiger partial charge >= 0.3 is 0 Å². The highest BCUT2D eigenvalue weighted by Crippen LogP contribution is 2.42. The van der Waals surface area contributed by atoms with E-state index in [-0.39, 0.29) is 29.8 Å². The number of methoxy groups -OCH3 is 1. The Morgan fingerprint density at radius 3 is 2.71 bits per heavy atom. The number of carbonyl (C=O) groups is 1. The van der Waals surface area contributed by atoms with Gasteiger partial charge < -0.3 is 24.8 Å². The highest BCUT2D eigenvalue weighted by molar-refractivity contribution is 5.97. The maximum atomic E-state index is 14.1. The third kappa shape index (κ3) is 6.69. The van der Waals surface area contributed by atoms with E-state index in [0.29, 0.717) is 37.3 Å². The van der Waals surface area contributed by atoms with Gasteiger partial charge in [-0.2, -0.15) is 0 Å². The van der Waals surface area contributed by atoms with Crippen molar-refractivity contribution in [3.8, 4) is 0 Å². The number of piperazine rings is 1. The van der Waals surface area contributed by atoms with Crippen LogP contribution in [0.1, 0.15) is 56.3 Å². The minimum Gasteiger partial charge on any atom is -0.393 e. The molecule has 3 aliphatic heterocycles. The first-order valence-electron chi connectivity index (χ1n) is 15.1. The first-order chi connectivity index (χ1) is 20.1. The van der Waals surface area contributed by atoms with Crippen molar-refractivity contribution in [1.29, 1.82) is 0 Å². The van der Waals surface area contributed by atoms with Gasteiger partial charge in [0.15, 0.2) is 0 Å². The predicted octanol–water partition coefficient (Wildman–Crippen LogP) is 2.50. The highest BCUT2D eigenvalue weighted by Gasteiger charge is 2.42. The molecule has 9 nitrogen and oxygen atoms in total. The van der Waals surface area contributed by atoms with Crippen molar-refractivity contribution in [2.75, 3.05) is 71.1 Å². The SMILES string of the molecule is CO[C@@H](CO)c1nc2c(cc1Cc1ccc(F)cc1)N(C(=O)CN1C[C@@H](C)NC[C@@H]1CN1CCOC[C@H]1C)CC2(C)C. The lowest BCUT2D eigenvalue weighted by Crippen LogP contribution is -2.62. The number of halogens is 1. The zero-order valence-corrected chi connectivity index (χ0v) is 25.6. The molecule has 1 aromatic heterocycles. The van der Waals surface area contributed by atoms with Crippen molar-refractivity contribution in [3.63, 3.8) is 0 Å². The number of rotatable bonds is 9. The van der Waals surface area contributed by atoms with E-state index in [1.54, 1.807) is 19.2 Å². The Morgan fingerprint density at radius 2 is 2.02 bits per heavy atom. The number of amides is 1. The topological polar surface area (TPSA) is 90.4 Å². The second kappa shape index (κ2) is 13.0. The molecule has 4 heterocycles. The third-order valence-corrected chi connectivity index (χ3v) is 8.98. The van der Waals surface area contributed by atoms with Gasteiger partial charge in [0, 0.05) is 63.4 Å². The number of ether oxygens (including phenoxy) is 2. The number of fused-ring (bicyclic) bond motifs is 1. The molecule has 1 amide bonds. The number of hydrogen-bond acceptors (Lipinski definition) is 8. The minimum atomic E-state index is -0.600. The zero-order chi connectivity index (χ0) is 30.0. The number of aromatic nitrogens is 1. The zero-order valence-electron chi connectivity index (χ0n) is 25.6. The average Bonchev–Trinajstić information content (AvgIpc) is 3.23. The molecule has 0 aliphatic carbocycles. The predicted molar refractivity (Wildman–Crippen MR) is 160 cm³/mol. The fourth-order valence-electron chi connectivity index (χ4n) is 6.52. The molecular weight excluding hydrogens is 537 g/mol. The summed E-state index contributed by atoms with van der Waals surface area (Å²) >= 11 is 0. The maximum Gasteiger partial charge on any atom is 0.241 e. The summed E-state index contributed by atoms with van der Waals surface area (Å²) in [5.41, 5.74) is 3.68. The van der Waals surface area contributed by atoms with Gasteiger partial charge in [-0.25, -0.2) is 4.39 Å². The summed E-state index contributed by atoms with van der Waals surface area (Å²) < 4.78 is 24.9. The Hall–Kier alpha value is -2.47. The molecule has 0 radical (unpaired) electrons. The molecule has 0 spiro atoms. The Bertz CT molecular complexity index is 1240. The lowest BCUT2D eigenvalue weighted by atomic mass is 9.90. The lowest BCUT2D eigenvalue weighted by Gasteiger charge is -2.43. The minimum absolute atomic E-state index is 0.0590. The van der Waals surface area contributed by atoms with Crippen LogP contribution in [0.2, 0.25) is 0 Å². The van der Waals surface area contributed by atoms with Gasteiger partial charge in [-0.15, -0.1) is 0 Å². The first-order valence-corrected chi connectivity index (χ1v) is 15.1. The standard InChI is InChI=1S/C32H46FN5O4/c1-21-15-37(26(14-34-21)16-36-10-11-42-19-22(36)2)17-29(40)38-20-32(3,4)31-27(38)13-24(30(35-31)28(18-39)41-5)12-23-6-8-25(33)9-7-23/h6-9,13,21-22,26,28,34,39H,10-12,14-20H2,1-5H3/t21-,22-,26-,28+/m1/s1. The van der Waals surface area contributed by atoms with E-state index >= 15 is 0 Å². The summed E-state index contributed by atoms with van der Waals surface area (Å²) in [5.74, 6) is -0.234. The summed E-state index contributed by atoms with van der Waals surface area (Å²) in [6.45, 7) is 14.1. The lowest BCUT2D eigenvalue weighted by molar-refractivity contribution is -0.121. The van der Waals surface area contributed by atoms with Crippen LogP contribution in [0.15, 0.2) is 30.3 Å². The van der Waals surface area contributed by atoms with Gasteiger partial charge in [-0.3, -0.25) is 19.6 Å². The quantitative estimate of drug-likeness (QED) is 0.466. The molecule has 3 aliphatic rings. The molecule has 10 heteroatoms. The molecule has 0 bridgehead atoms. The van der Waals surface area contributed by atoms with Crippen LogP contribution in [-0.4, -0.2) is 110 Å². The summed E-state index contributed by atoms with van der Waals surface area (Å²) in [4.78, 5) is 25.9. The number of aliphatic hydroxyl groups excluding tert-OH is 1. The molecular formula is C32H46FN5O4. The Kier molecular flexibility index (Phi) is 9.61. The monoisotopic (exact) mass is 583 g/mol. The molecule has 1 aromatic carbocycles. The van der Waals surface area contributed by atoms with Crippen LogP contribution in [0.3, 0.4) is 0 Å². The summed E-state index contributed by atoms with van der Waals surface area (Å²) in [5, 5.41) is 13.7. The largest absolute Gasteiger partial charge is 0.393 e. The normalized spacial score (nSPS) is 25.4. The number of anilines is 1. The number of benzene rings is 1. The Balaban J connectivity index is 1.42. The fraction of sp³-hybridized carbons (Fsp3) is 0.625. The van der Waals surface area contributed by atoms with E-state index in [4.69, 9.17) is 14.5 Å². The molecule has 42 heavy (non-hydrogen) atoms.